The lowest BCUT2D eigenvalue weighted by Gasteiger charge is -2.35. The Kier molecular flexibility index (Phi) is 6.00. The van der Waals surface area contributed by atoms with Crippen LogP contribution in [0.5, 0.6) is 0 Å². The van der Waals surface area contributed by atoms with Gasteiger partial charge in [-0.1, -0.05) is 30.3 Å². The van der Waals surface area contributed by atoms with Gasteiger partial charge in [-0.15, -0.1) is 0 Å². The summed E-state index contributed by atoms with van der Waals surface area (Å²) < 4.78 is 45.3. The van der Waals surface area contributed by atoms with Crippen LogP contribution >= 0.6 is 0 Å². The van der Waals surface area contributed by atoms with E-state index in [2.05, 4.69) is 0 Å². The highest BCUT2D eigenvalue weighted by Crippen LogP contribution is 2.37. The third kappa shape index (κ3) is 4.58. The average Bonchev–Trinajstić information content (AvgIpc) is 3.33. The fourth-order valence-electron chi connectivity index (χ4n) is 4.06. The number of halogens is 3. The minimum Gasteiger partial charge on any atom is -0.368 e. The van der Waals surface area contributed by atoms with E-state index in [1.54, 1.807) is 28.0 Å². The highest BCUT2D eigenvalue weighted by atomic mass is 19.4. The Balaban J connectivity index is 1.41. The van der Waals surface area contributed by atoms with Crippen molar-refractivity contribution in [3.8, 4) is 11.1 Å². The molecule has 1 atom stereocenters. The SMILES string of the molecule is O=C(c1ccc(-c2ccccc2C(F)(F)F)cc1)N1CCN(C(=O)C2CCCO2)CC1. The number of alkyl halides is 3. The van der Waals surface area contributed by atoms with Gasteiger partial charge in [0.05, 0.1) is 5.56 Å². The number of benzene rings is 2. The van der Waals surface area contributed by atoms with Gasteiger partial charge < -0.3 is 14.5 Å². The van der Waals surface area contributed by atoms with Crippen molar-refractivity contribution in [1.29, 1.82) is 0 Å². The van der Waals surface area contributed by atoms with Gasteiger partial charge in [-0.2, -0.15) is 13.2 Å². The summed E-state index contributed by atoms with van der Waals surface area (Å²) >= 11 is 0. The molecule has 31 heavy (non-hydrogen) atoms. The maximum Gasteiger partial charge on any atom is 0.417 e. The zero-order chi connectivity index (χ0) is 22.0. The molecule has 2 aromatic carbocycles. The summed E-state index contributed by atoms with van der Waals surface area (Å²) in [5.74, 6) is -0.211. The van der Waals surface area contributed by atoms with Gasteiger partial charge in [0.1, 0.15) is 6.10 Å². The smallest absolute Gasteiger partial charge is 0.368 e. The molecule has 0 spiro atoms. The number of ether oxygens (including phenoxy) is 1. The molecule has 0 aromatic heterocycles. The Hall–Kier alpha value is -2.87. The van der Waals surface area contributed by atoms with Crippen molar-refractivity contribution in [2.75, 3.05) is 32.8 Å². The molecule has 2 aliphatic heterocycles. The molecule has 2 aromatic rings. The summed E-state index contributed by atoms with van der Waals surface area (Å²) in [6, 6.07) is 11.6. The number of rotatable bonds is 3. The van der Waals surface area contributed by atoms with Gasteiger partial charge in [-0.3, -0.25) is 9.59 Å². The van der Waals surface area contributed by atoms with Crippen LogP contribution in [0.25, 0.3) is 11.1 Å². The number of piperazine rings is 1. The number of carbonyl (C=O) groups excluding carboxylic acids is 2. The monoisotopic (exact) mass is 432 g/mol. The molecule has 1 unspecified atom stereocenters. The minimum atomic E-state index is -4.45. The second kappa shape index (κ2) is 8.70. The molecule has 4 rings (SSSR count). The molecule has 164 valence electrons. The van der Waals surface area contributed by atoms with Crippen LogP contribution in [0.2, 0.25) is 0 Å². The molecule has 2 aliphatic rings. The molecular weight excluding hydrogens is 409 g/mol. The van der Waals surface area contributed by atoms with E-state index in [9.17, 15) is 22.8 Å². The van der Waals surface area contributed by atoms with Crippen LogP contribution in [-0.4, -0.2) is 60.5 Å². The summed E-state index contributed by atoms with van der Waals surface area (Å²) in [6.45, 7) is 2.33. The third-order valence-corrected chi connectivity index (χ3v) is 5.76. The van der Waals surface area contributed by atoms with Crippen LogP contribution in [0, 0.1) is 0 Å². The Bertz CT molecular complexity index is 945. The van der Waals surface area contributed by atoms with Crippen molar-refractivity contribution in [1.82, 2.24) is 9.80 Å². The van der Waals surface area contributed by atoms with E-state index in [1.165, 1.54) is 24.3 Å². The van der Waals surface area contributed by atoms with E-state index in [1.807, 2.05) is 0 Å². The topological polar surface area (TPSA) is 49.9 Å². The van der Waals surface area contributed by atoms with Gasteiger partial charge in [-0.05, 0) is 42.2 Å². The second-order valence-corrected chi connectivity index (χ2v) is 7.74. The summed E-state index contributed by atoms with van der Waals surface area (Å²) in [6.07, 6.45) is -3.19. The van der Waals surface area contributed by atoms with Gasteiger partial charge in [-0.25, -0.2) is 0 Å². The summed E-state index contributed by atoms with van der Waals surface area (Å²) in [5, 5.41) is 0. The highest BCUT2D eigenvalue weighted by molar-refractivity contribution is 5.95. The van der Waals surface area contributed by atoms with Gasteiger partial charge in [0.2, 0.25) is 0 Å². The van der Waals surface area contributed by atoms with Crippen LogP contribution in [-0.2, 0) is 15.7 Å². The molecule has 0 radical (unpaired) electrons. The number of hydrogen-bond donors (Lipinski definition) is 0. The zero-order valence-corrected chi connectivity index (χ0v) is 16.9. The maximum absolute atomic E-state index is 13.3. The van der Waals surface area contributed by atoms with E-state index >= 15 is 0 Å². The predicted octanol–water partition coefficient (Wildman–Crippen LogP) is 3.84. The average molecular weight is 432 g/mol. The molecule has 0 saturated carbocycles. The maximum atomic E-state index is 13.3. The van der Waals surface area contributed by atoms with Crippen molar-refractivity contribution >= 4 is 11.8 Å². The predicted molar refractivity (Wildman–Crippen MR) is 108 cm³/mol. The largest absolute Gasteiger partial charge is 0.417 e. The first kappa shape index (κ1) is 21.4. The second-order valence-electron chi connectivity index (χ2n) is 7.74. The molecule has 0 aliphatic carbocycles. The Labute approximate surface area is 178 Å². The van der Waals surface area contributed by atoms with Crippen LogP contribution < -0.4 is 0 Å². The first-order chi connectivity index (χ1) is 14.8. The fourth-order valence-corrected chi connectivity index (χ4v) is 4.06. The summed E-state index contributed by atoms with van der Waals surface area (Å²) in [7, 11) is 0. The minimum absolute atomic E-state index is 0.0164. The quantitative estimate of drug-likeness (QED) is 0.741. The van der Waals surface area contributed by atoms with Crippen LogP contribution in [0.1, 0.15) is 28.8 Å². The molecule has 2 heterocycles. The van der Waals surface area contributed by atoms with Crippen LogP contribution in [0.15, 0.2) is 48.5 Å². The van der Waals surface area contributed by atoms with Crippen molar-refractivity contribution < 1.29 is 27.5 Å². The van der Waals surface area contributed by atoms with Crippen molar-refractivity contribution in [2.24, 2.45) is 0 Å². The van der Waals surface area contributed by atoms with Gasteiger partial charge >= 0.3 is 6.18 Å². The first-order valence-electron chi connectivity index (χ1n) is 10.3. The van der Waals surface area contributed by atoms with Crippen LogP contribution in [0.4, 0.5) is 13.2 Å². The standard InChI is InChI=1S/C23H23F3N2O3/c24-23(25,26)19-5-2-1-4-18(19)16-7-9-17(10-8-16)21(29)27-11-13-28(14-12-27)22(30)20-6-3-15-31-20/h1-2,4-5,7-10,20H,3,6,11-15H2. The van der Waals surface area contributed by atoms with Gasteiger partial charge in [0.15, 0.2) is 0 Å². The summed E-state index contributed by atoms with van der Waals surface area (Å²) in [4.78, 5) is 28.7. The molecule has 0 bridgehead atoms. The van der Waals surface area contributed by atoms with Crippen molar-refractivity contribution in [3.05, 3.63) is 59.7 Å². The lowest BCUT2D eigenvalue weighted by atomic mass is 9.98. The van der Waals surface area contributed by atoms with Gasteiger partial charge in [0.25, 0.3) is 11.8 Å². The molecule has 2 fully saturated rings. The number of hydrogen-bond acceptors (Lipinski definition) is 3. The summed E-state index contributed by atoms with van der Waals surface area (Å²) in [5.41, 5.74) is 0.181. The lowest BCUT2D eigenvalue weighted by Crippen LogP contribution is -2.52. The van der Waals surface area contributed by atoms with E-state index in [0.717, 1.165) is 18.9 Å². The normalized spacial score (nSPS) is 19.5. The van der Waals surface area contributed by atoms with Crippen molar-refractivity contribution in [2.45, 2.75) is 25.1 Å². The van der Waals surface area contributed by atoms with E-state index in [4.69, 9.17) is 4.74 Å². The number of amides is 2. The number of nitrogens with zero attached hydrogens (tertiary/aromatic N) is 2. The van der Waals surface area contributed by atoms with Crippen molar-refractivity contribution in [3.63, 3.8) is 0 Å². The van der Waals surface area contributed by atoms with E-state index in [-0.39, 0.29) is 23.5 Å². The van der Waals surface area contributed by atoms with Crippen LogP contribution in [0.3, 0.4) is 0 Å². The highest BCUT2D eigenvalue weighted by Gasteiger charge is 2.34. The molecular formula is C23H23F3N2O3. The molecule has 8 heteroatoms. The first-order valence-corrected chi connectivity index (χ1v) is 10.3. The lowest BCUT2D eigenvalue weighted by molar-refractivity contribution is -0.142. The molecule has 2 amide bonds. The Morgan fingerprint density at radius 1 is 0.903 bits per heavy atom. The van der Waals surface area contributed by atoms with E-state index in [0.29, 0.717) is 43.9 Å². The molecule has 5 nitrogen and oxygen atoms in total. The number of carbonyl (C=O) groups is 2. The molecule has 2 saturated heterocycles. The zero-order valence-electron chi connectivity index (χ0n) is 16.9. The van der Waals surface area contributed by atoms with Gasteiger partial charge in [0, 0.05) is 38.3 Å². The van der Waals surface area contributed by atoms with E-state index < -0.39 is 11.7 Å². The Morgan fingerprint density at radius 2 is 1.55 bits per heavy atom. The Morgan fingerprint density at radius 3 is 2.16 bits per heavy atom. The molecule has 0 N–H and O–H groups in total. The fraction of sp³-hybridized carbons (Fsp3) is 0.391. The third-order valence-electron chi connectivity index (χ3n) is 5.76.